The highest BCUT2D eigenvalue weighted by Crippen LogP contribution is 2.26. The summed E-state index contributed by atoms with van der Waals surface area (Å²) in [7, 11) is 0. The highest BCUT2D eigenvalue weighted by atomic mass is 35.5. The quantitative estimate of drug-likeness (QED) is 0.190. The molecule has 0 radical (unpaired) electrons. The number of hydrogen-bond donors (Lipinski definition) is 3. The third kappa shape index (κ3) is 6.35. The summed E-state index contributed by atoms with van der Waals surface area (Å²) < 4.78 is 14.5. The molecule has 0 saturated heterocycles. The van der Waals surface area contributed by atoms with Crippen LogP contribution in [0.4, 0.5) is 20.7 Å². The van der Waals surface area contributed by atoms with Crippen molar-refractivity contribution in [1.82, 2.24) is 15.1 Å². The summed E-state index contributed by atoms with van der Waals surface area (Å²) in [5.41, 5.74) is 2.68. The number of carbonyl (C=O) groups is 2. The van der Waals surface area contributed by atoms with E-state index in [1.54, 1.807) is 36.4 Å². The number of benzene rings is 3. The number of aromatic nitrogens is 2. The molecule has 0 spiro atoms. The summed E-state index contributed by atoms with van der Waals surface area (Å²) in [6.07, 6.45) is 0.509. The van der Waals surface area contributed by atoms with Crippen LogP contribution >= 0.6 is 11.6 Å². The molecule has 0 fully saturated rings. The lowest BCUT2D eigenvalue weighted by molar-refractivity contribution is 0.103. The van der Waals surface area contributed by atoms with Crippen molar-refractivity contribution in [3.05, 3.63) is 106 Å². The zero-order valence-electron chi connectivity index (χ0n) is 20.5. The van der Waals surface area contributed by atoms with Crippen molar-refractivity contribution < 1.29 is 14.0 Å². The zero-order chi connectivity index (χ0) is 27.1. The molecule has 192 valence electrons. The van der Waals surface area contributed by atoms with Gasteiger partial charge in [0.2, 0.25) is 5.78 Å². The smallest absolute Gasteiger partial charge is 0.319 e. The minimum Gasteiger partial charge on any atom is -0.369 e. The van der Waals surface area contributed by atoms with Gasteiger partial charge in [0.1, 0.15) is 23.3 Å². The monoisotopic (exact) mass is 530 g/mol. The first kappa shape index (κ1) is 26.4. The Kier molecular flexibility index (Phi) is 8.36. The van der Waals surface area contributed by atoms with E-state index in [9.17, 15) is 19.2 Å². The molecule has 0 bridgehead atoms. The van der Waals surface area contributed by atoms with Gasteiger partial charge in [-0.3, -0.25) is 4.79 Å². The Labute approximate surface area is 224 Å². The van der Waals surface area contributed by atoms with Crippen LogP contribution in [0.3, 0.4) is 0 Å². The Morgan fingerprint density at radius 3 is 2.34 bits per heavy atom. The molecule has 4 rings (SSSR count). The molecule has 0 atom stereocenters. The van der Waals surface area contributed by atoms with Crippen molar-refractivity contribution in [1.29, 1.82) is 5.26 Å². The van der Waals surface area contributed by atoms with Crippen molar-refractivity contribution in [3.8, 4) is 11.8 Å². The lowest BCUT2D eigenvalue weighted by atomic mass is 10.0. The van der Waals surface area contributed by atoms with Gasteiger partial charge in [-0.25, -0.2) is 13.9 Å². The fraction of sp³-hybridized carbons (Fsp3) is 0.143. The minimum atomic E-state index is -0.425. The van der Waals surface area contributed by atoms with E-state index in [1.807, 2.05) is 19.1 Å². The number of halogens is 2. The third-order valence-corrected chi connectivity index (χ3v) is 5.88. The van der Waals surface area contributed by atoms with Crippen LogP contribution in [-0.4, -0.2) is 34.7 Å². The van der Waals surface area contributed by atoms with Gasteiger partial charge < -0.3 is 16.0 Å². The van der Waals surface area contributed by atoms with Crippen LogP contribution in [-0.2, 0) is 0 Å². The van der Waals surface area contributed by atoms with Crippen LogP contribution in [0, 0.1) is 24.1 Å². The molecule has 38 heavy (non-hydrogen) atoms. The predicted molar refractivity (Wildman–Crippen MR) is 144 cm³/mol. The van der Waals surface area contributed by atoms with E-state index in [0.717, 1.165) is 5.56 Å². The van der Waals surface area contributed by atoms with Gasteiger partial charge in [0, 0.05) is 29.4 Å². The first-order valence-corrected chi connectivity index (χ1v) is 12.2. The molecule has 8 nitrogen and oxygen atoms in total. The fourth-order valence-electron chi connectivity index (χ4n) is 3.66. The number of nitrogens with zero attached hydrogens (tertiary/aromatic N) is 3. The lowest BCUT2D eigenvalue weighted by Gasteiger charge is -2.11. The first-order valence-electron chi connectivity index (χ1n) is 11.8. The Morgan fingerprint density at radius 1 is 1.00 bits per heavy atom. The molecule has 4 aromatic rings. The second-order valence-corrected chi connectivity index (χ2v) is 8.87. The Morgan fingerprint density at radius 2 is 1.68 bits per heavy atom. The third-order valence-electron chi connectivity index (χ3n) is 5.63. The molecule has 1 heterocycles. The van der Waals surface area contributed by atoms with Crippen molar-refractivity contribution >= 4 is 34.9 Å². The average molecular weight is 531 g/mol. The van der Waals surface area contributed by atoms with Crippen molar-refractivity contribution in [2.24, 2.45) is 0 Å². The van der Waals surface area contributed by atoms with Crippen LogP contribution in [0.5, 0.6) is 0 Å². The van der Waals surface area contributed by atoms with Gasteiger partial charge in [0.05, 0.1) is 5.69 Å². The maximum absolute atomic E-state index is 13.3. The summed E-state index contributed by atoms with van der Waals surface area (Å²) in [6, 6.07) is 21.1. The number of nitrogens with one attached hydrogen (secondary N) is 3. The Hall–Kier alpha value is -4.68. The van der Waals surface area contributed by atoms with Gasteiger partial charge in [0.25, 0.3) is 0 Å². The molecular formula is C28H24ClFN6O2. The Balaban J connectivity index is 1.48. The highest BCUT2D eigenvalue weighted by Gasteiger charge is 2.25. The number of anilines is 2. The van der Waals surface area contributed by atoms with Crippen LogP contribution < -0.4 is 16.0 Å². The molecule has 0 saturated carbocycles. The molecule has 3 aromatic carbocycles. The first-order chi connectivity index (χ1) is 18.4. The maximum atomic E-state index is 13.3. The van der Waals surface area contributed by atoms with E-state index in [4.69, 9.17) is 11.6 Å². The molecule has 0 unspecified atom stereocenters. The molecule has 3 N–H and O–H groups in total. The zero-order valence-corrected chi connectivity index (χ0v) is 21.2. The van der Waals surface area contributed by atoms with Crippen molar-refractivity contribution in [2.75, 3.05) is 23.7 Å². The second-order valence-electron chi connectivity index (χ2n) is 8.44. The highest BCUT2D eigenvalue weighted by molar-refractivity contribution is 6.30. The van der Waals surface area contributed by atoms with E-state index < -0.39 is 6.03 Å². The summed E-state index contributed by atoms with van der Waals surface area (Å²) in [4.78, 5) is 25.3. The van der Waals surface area contributed by atoms with E-state index in [-0.39, 0.29) is 22.9 Å². The Bertz CT molecular complexity index is 1480. The van der Waals surface area contributed by atoms with Gasteiger partial charge >= 0.3 is 6.03 Å². The summed E-state index contributed by atoms with van der Waals surface area (Å²) in [5, 5.41) is 23.5. The van der Waals surface area contributed by atoms with Crippen LogP contribution in [0.15, 0.2) is 72.8 Å². The number of nitriles is 1. The molecule has 0 aliphatic heterocycles. The largest absolute Gasteiger partial charge is 0.369 e. The van der Waals surface area contributed by atoms with Crippen LogP contribution in [0.1, 0.15) is 33.6 Å². The van der Waals surface area contributed by atoms with Gasteiger partial charge in [-0.2, -0.15) is 10.4 Å². The number of carbonyl (C=O) groups excluding carboxylic acids is 2. The molecule has 0 aliphatic carbocycles. The molecule has 10 heteroatoms. The van der Waals surface area contributed by atoms with E-state index in [1.165, 1.54) is 28.9 Å². The number of aryl methyl sites for hydroxylation is 1. The molecular weight excluding hydrogens is 507 g/mol. The summed E-state index contributed by atoms with van der Waals surface area (Å²) in [5.74, 6) is -0.391. The van der Waals surface area contributed by atoms with E-state index in [2.05, 4.69) is 27.1 Å². The topological polar surface area (TPSA) is 112 Å². The molecule has 2 amide bonds. The number of rotatable bonds is 9. The number of amides is 2. The average Bonchev–Trinajstić information content (AvgIpc) is 3.28. The standard InChI is InChI=1S/C28H24ClFN6O2/c1-18-3-5-19(6-4-18)26(37)25-24(17-31)27(36(35-25)23-13-7-20(29)8-14-23)32-15-2-16-33-28(38)34-22-11-9-21(30)10-12-22/h3-14,32H,2,15-16H2,1H3,(H2,33,34,38). The number of ketones is 1. The summed E-state index contributed by atoms with van der Waals surface area (Å²) >= 11 is 6.04. The number of hydrogen-bond acceptors (Lipinski definition) is 5. The molecule has 0 aliphatic rings. The molecule has 1 aromatic heterocycles. The predicted octanol–water partition coefficient (Wildman–Crippen LogP) is 5.70. The fourth-order valence-corrected chi connectivity index (χ4v) is 3.79. The summed E-state index contributed by atoms with van der Waals surface area (Å²) in [6.45, 7) is 2.63. The van der Waals surface area contributed by atoms with Gasteiger partial charge in [0.15, 0.2) is 5.69 Å². The maximum Gasteiger partial charge on any atom is 0.319 e. The van der Waals surface area contributed by atoms with Crippen molar-refractivity contribution in [2.45, 2.75) is 13.3 Å². The lowest BCUT2D eigenvalue weighted by Crippen LogP contribution is -2.30. The SMILES string of the molecule is Cc1ccc(C(=O)c2nn(-c3ccc(Cl)cc3)c(NCCCNC(=O)Nc3ccc(F)cc3)c2C#N)cc1. The number of urea groups is 1. The van der Waals surface area contributed by atoms with Gasteiger partial charge in [-0.15, -0.1) is 0 Å². The minimum absolute atomic E-state index is 0.0330. The second kappa shape index (κ2) is 12.0. The van der Waals surface area contributed by atoms with Crippen LogP contribution in [0.25, 0.3) is 5.69 Å². The van der Waals surface area contributed by atoms with E-state index >= 15 is 0 Å². The van der Waals surface area contributed by atoms with Crippen molar-refractivity contribution in [3.63, 3.8) is 0 Å². The normalized spacial score (nSPS) is 10.5. The van der Waals surface area contributed by atoms with Gasteiger partial charge in [-0.05, 0) is 61.9 Å². The van der Waals surface area contributed by atoms with Gasteiger partial charge in [-0.1, -0.05) is 41.4 Å². The van der Waals surface area contributed by atoms with Crippen LogP contribution in [0.2, 0.25) is 5.02 Å². The van der Waals surface area contributed by atoms with E-state index in [0.29, 0.717) is 47.3 Å².